The van der Waals surface area contributed by atoms with Gasteiger partial charge in [0.25, 0.3) is 5.91 Å². The van der Waals surface area contributed by atoms with Crippen LogP contribution in [0.3, 0.4) is 0 Å². The lowest BCUT2D eigenvalue weighted by molar-refractivity contribution is -0.142. The molecule has 24 heavy (non-hydrogen) atoms. The van der Waals surface area contributed by atoms with Gasteiger partial charge in [-0.25, -0.2) is 4.39 Å². The standard InChI is InChI=1S/C19H26FNO3/c20-17-4-1-3-16(13-17)14-23-12-8-15-6-9-21(10-7-15)19(22)18-5-2-11-24-18/h1,3-4,13,15,18H,2,5-12,14H2/t18-/m0/s1. The summed E-state index contributed by atoms with van der Waals surface area (Å²) in [5.74, 6) is 0.554. The number of benzene rings is 1. The quantitative estimate of drug-likeness (QED) is 0.750. The van der Waals surface area contributed by atoms with Gasteiger partial charge in [0.15, 0.2) is 0 Å². The Bertz CT molecular complexity index is 537. The summed E-state index contributed by atoms with van der Waals surface area (Å²) in [6.07, 6.45) is 4.72. The second kappa shape index (κ2) is 8.58. The van der Waals surface area contributed by atoms with E-state index in [0.717, 1.165) is 57.4 Å². The third-order valence-electron chi connectivity index (χ3n) is 4.96. The van der Waals surface area contributed by atoms with Crippen molar-refractivity contribution in [2.24, 2.45) is 5.92 Å². The third-order valence-corrected chi connectivity index (χ3v) is 4.96. The van der Waals surface area contributed by atoms with Crippen molar-refractivity contribution in [2.75, 3.05) is 26.3 Å². The van der Waals surface area contributed by atoms with E-state index in [9.17, 15) is 9.18 Å². The second-order valence-electron chi connectivity index (χ2n) is 6.74. The van der Waals surface area contributed by atoms with Crippen LogP contribution in [-0.2, 0) is 20.9 Å². The van der Waals surface area contributed by atoms with E-state index in [1.54, 1.807) is 6.07 Å². The minimum atomic E-state index is -0.223. The summed E-state index contributed by atoms with van der Waals surface area (Å²) in [7, 11) is 0. The number of hydrogen-bond acceptors (Lipinski definition) is 3. The Morgan fingerprint density at radius 2 is 2.12 bits per heavy atom. The highest BCUT2D eigenvalue weighted by Gasteiger charge is 2.30. The van der Waals surface area contributed by atoms with Crippen LogP contribution in [0.5, 0.6) is 0 Å². The fourth-order valence-electron chi connectivity index (χ4n) is 3.48. The first kappa shape index (κ1) is 17.4. The Labute approximate surface area is 142 Å². The summed E-state index contributed by atoms with van der Waals surface area (Å²) < 4.78 is 24.2. The van der Waals surface area contributed by atoms with Crippen LogP contribution in [-0.4, -0.2) is 43.2 Å². The number of amides is 1. The normalized spacial score (nSPS) is 22.0. The lowest BCUT2D eigenvalue weighted by Gasteiger charge is -2.33. The molecule has 0 N–H and O–H groups in total. The van der Waals surface area contributed by atoms with Crippen molar-refractivity contribution in [1.29, 1.82) is 0 Å². The maximum absolute atomic E-state index is 13.1. The van der Waals surface area contributed by atoms with E-state index in [0.29, 0.717) is 19.1 Å². The van der Waals surface area contributed by atoms with Crippen molar-refractivity contribution in [3.8, 4) is 0 Å². The molecule has 5 heteroatoms. The van der Waals surface area contributed by atoms with Crippen LogP contribution < -0.4 is 0 Å². The highest BCUT2D eigenvalue weighted by molar-refractivity contribution is 5.81. The summed E-state index contributed by atoms with van der Waals surface area (Å²) in [6.45, 7) is 3.50. The fraction of sp³-hybridized carbons (Fsp3) is 0.632. The number of carbonyl (C=O) groups is 1. The number of likely N-dealkylation sites (tertiary alicyclic amines) is 1. The minimum absolute atomic E-state index is 0.174. The van der Waals surface area contributed by atoms with Gasteiger partial charge in [0, 0.05) is 26.3 Å². The molecular formula is C19H26FNO3. The van der Waals surface area contributed by atoms with Crippen molar-refractivity contribution in [1.82, 2.24) is 4.90 Å². The molecule has 0 radical (unpaired) electrons. The predicted molar refractivity (Wildman–Crippen MR) is 89.0 cm³/mol. The van der Waals surface area contributed by atoms with Gasteiger partial charge in [-0.2, -0.15) is 0 Å². The fourth-order valence-corrected chi connectivity index (χ4v) is 3.48. The summed E-state index contributed by atoms with van der Waals surface area (Å²) in [5.41, 5.74) is 0.868. The van der Waals surface area contributed by atoms with Crippen molar-refractivity contribution >= 4 is 5.91 Å². The highest BCUT2D eigenvalue weighted by atomic mass is 19.1. The second-order valence-corrected chi connectivity index (χ2v) is 6.74. The van der Waals surface area contributed by atoms with Crippen LogP contribution >= 0.6 is 0 Å². The Hall–Kier alpha value is -1.46. The molecule has 3 rings (SSSR count). The first-order valence-corrected chi connectivity index (χ1v) is 8.95. The van der Waals surface area contributed by atoms with E-state index in [2.05, 4.69) is 0 Å². The highest BCUT2D eigenvalue weighted by Crippen LogP contribution is 2.23. The molecule has 2 saturated heterocycles. The smallest absolute Gasteiger partial charge is 0.251 e. The average molecular weight is 335 g/mol. The van der Waals surface area contributed by atoms with Crippen molar-refractivity contribution in [3.63, 3.8) is 0 Å². The molecule has 0 unspecified atom stereocenters. The first-order chi connectivity index (χ1) is 11.7. The number of piperidine rings is 1. The van der Waals surface area contributed by atoms with Gasteiger partial charge in [0.2, 0.25) is 0 Å². The molecule has 1 amide bonds. The Morgan fingerprint density at radius 1 is 1.29 bits per heavy atom. The van der Waals surface area contributed by atoms with E-state index in [1.807, 2.05) is 11.0 Å². The van der Waals surface area contributed by atoms with Gasteiger partial charge in [-0.15, -0.1) is 0 Å². The summed E-state index contributed by atoms with van der Waals surface area (Å²) in [4.78, 5) is 14.3. The Morgan fingerprint density at radius 3 is 2.83 bits per heavy atom. The van der Waals surface area contributed by atoms with Gasteiger partial charge < -0.3 is 14.4 Å². The van der Waals surface area contributed by atoms with E-state index in [1.165, 1.54) is 12.1 Å². The maximum Gasteiger partial charge on any atom is 0.251 e. The molecule has 0 aromatic heterocycles. The Balaban J connectivity index is 1.31. The molecule has 1 aromatic carbocycles. The molecule has 1 atom stereocenters. The molecule has 2 aliphatic heterocycles. The predicted octanol–water partition coefficient (Wildman–Crippen LogP) is 3.15. The zero-order valence-corrected chi connectivity index (χ0v) is 14.1. The van der Waals surface area contributed by atoms with Crippen molar-refractivity contribution < 1.29 is 18.7 Å². The zero-order valence-electron chi connectivity index (χ0n) is 14.1. The van der Waals surface area contributed by atoms with E-state index < -0.39 is 0 Å². The number of carbonyl (C=O) groups excluding carboxylic acids is 1. The van der Waals surface area contributed by atoms with Crippen LogP contribution in [0, 0.1) is 11.7 Å². The van der Waals surface area contributed by atoms with Crippen LogP contribution in [0.4, 0.5) is 4.39 Å². The number of hydrogen-bond donors (Lipinski definition) is 0. The van der Waals surface area contributed by atoms with E-state index in [4.69, 9.17) is 9.47 Å². The maximum atomic E-state index is 13.1. The van der Waals surface area contributed by atoms with Gasteiger partial charge in [0.1, 0.15) is 11.9 Å². The number of nitrogens with zero attached hydrogens (tertiary/aromatic N) is 1. The van der Waals surface area contributed by atoms with Crippen LogP contribution in [0.2, 0.25) is 0 Å². The molecular weight excluding hydrogens is 309 g/mol. The number of halogens is 1. The first-order valence-electron chi connectivity index (χ1n) is 8.95. The van der Waals surface area contributed by atoms with Gasteiger partial charge in [0.05, 0.1) is 6.61 Å². The van der Waals surface area contributed by atoms with E-state index in [-0.39, 0.29) is 17.8 Å². The lowest BCUT2D eigenvalue weighted by atomic mass is 9.93. The molecule has 0 spiro atoms. The summed E-state index contributed by atoms with van der Waals surface area (Å²) >= 11 is 0. The molecule has 2 fully saturated rings. The molecule has 0 saturated carbocycles. The zero-order chi connectivity index (χ0) is 16.8. The van der Waals surface area contributed by atoms with Crippen LogP contribution in [0.25, 0.3) is 0 Å². The van der Waals surface area contributed by atoms with Crippen LogP contribution in [0.1, 0.15) is 37.7 Å². The molecule has 0 aliphatic carbocycles. The topological polar surface area (TPSA) is 38.8 Å². The molecule has 2 aliphatic rings. The Kier molecular flexibility index (Phi) is 6.21. The van der Waals surface area contributed by atoms with Gasteiger partial charge >= 0.3 is 0 Å². The molecule has 132 valence electrons. The number of rotatable bonds is 6. The lowest BCUT2D eigenvalue weighted by Crippen LogP contribution is -2.43. The third kappa shape index (κ3) is 4.77. The van der Waals surface area contributed by atoms with E-state index >= 15 is 0 Å². The summed E-state index contributed by atoms with van der Waals surface area (Å²) in [5, 5.41) is 0. The van der Waals surface area contributed by atoms with Gasteiger partial charge in [-0.1, -0.05) is 12.1 Å². The van der Waals surface area contributed by atoms with Crippen molar-refractivity contribution in [2.45, 2.75) is 44.8 Å². The monoisotopic (exact) mass is 335 g/mol. The largest absolute Gasteiger partial charge is 0.377 e. The molecule has 4 nitrogen and oxygen atoms in total. The van der Waals surface area contributed by atoms with Crippen molar-refractivity contribution in [3.05, 3.63) is 35.6 Å². The molecule has 2 heterocycles. The molecule has 1 aromatic rings. The van der Waals surface area contributed by atoms with Gasteiger partial charge in [-0.3, -0.25) is 4.79 Å². The summed E-state index contributed by atoms with van der Waals surface area (Å²) in [6, 6.07) is 6.53. The minimum Gasteiger partial charge on any atom is -0.377 e. The number of ether oxygens (including phenoxy) is 2. The van der Waals surface area contributed by atoms with Gasteiger partial charge in [-0.05, 0) is 55.7 Å². The SMILES string of the molecule is O=C([C@@H]1CCCO1)N1CCC(CCOCc2cccc(F)c2)CC1. The average Bonchev–Trinajstić information content (AvgIpc) is 3.13. The molecule has 0 bridgehead atoms. The van der Waals surface area contributed by atoms with Crippen LogP contribution in [0.15, 0.2) is 24.3 Å².